The third-order valence-electron chi connectivity index (χ3n) is 3.41. The number of carbonyl (C=O) groups excluding carboxylic acids is 1. The van der Waals surface area contributed by atoms with Crippen LogP contribution < -0.4 is 5.32 Å². The van der Waals surface area contributed by atoms with Gasteiger partial charge in [-0.2, -0.15) is 0 Å². The van der Waals surface area contributed by atoms with Gasteiger partial charge < -0.3 is 20.6 Å². The van der Waals surface area contributed by atoms with Gasteiger partial charge in [0.2, 0.25) is 0 Å². The number of hydrogen-bond donors (Lipinski definition) is 4. The molecule has 4 N–H and O–H groups in total. The van der Waals surface area contributed by atoms with Crippen LogP contribution in [-0.2, 0) is 0 Å². The van der Waals surface area contributed by atoms with Crippen LogP contribution in [0.15, 0.2) is 12.1 Å². The number of benzene rings is 1. The van der Waals surface area contributed by atoms with Gasteiger partial charge in [0.1, 0.15) is 22.8 Å². The zero-order chi connectivity index (χ0) is 14.0. The van der Waals surface area contributed by atoms with E-state index in [2.05, 4.69) is 5.32 Å². The monoisotopic (exact) mass is 266 g/mol. The fourth-order valence-electron chi connectivity index (χ4n) is 2.29. The minimum Gasteiger partial charge on any atom is -0.508 e. The van der Waals surface area contributed by atoms with Crippen LogP contribution >= 0.6 is 0 Å². The largest absolute Gasteiger partial charge is 0.508 e. The minimum absolute atomic E-state index is 0.135. The van der Waals surface area contributed by atoms with E-state index in [1.165, 1.54) is 0 Å². The lowest BCUT2D eigenvalue weighted by atomic mass is 10.0. The van der Waals surface area contributed by atoms with E-state index in [0.29, 0.717) is 0 Å². The maximum atomic E-state index is 12.3. The van der Waals surface area contributed by atoms with Gasteiger partial charge in [0.25, 0.3) is 0 Å². The highest BCUT2D eigenvalue weighted by Crippen LogP contribution is 2.33. The molecular weight excluding hydrogens is 248 g/mol. The molecule has 1 aliphatic rings. The van der Waals surface area contributed by atoms with Gasteiger partial charge in [-0.1, -0.05) is 0 Å². The Morgan fingerprint density at radius 3 is 2.26 bits per heavy atom. The first-order valence-corrected chi connectivity index (χ1v) is 6.24. The predicted molar refractivity (Wildman–Crippen MR) is 69.7 cm³/mol. The number of Topliss-reactive ketones (excluding diaryl/α,β-unsaturated/α-hetero) is 1. The fourth-order valence-corrected chi connectivity index (χ4v) is 2.29. The average molecular weight is 266 g/mol. The van der Waals surface area contributed by atoms with Gasteiger partial charge in [-0.15, -0.1) is 0 Å². The van der Waals surface area contributed by atoms with Crippen molar-refractivity contribution in [1.29, 1.82) is 0 Å². The van der Waals surface area contributed by atoms with E-state index in [-0.39, 0.29) is 17.1 Å². The van der Waals surface area contributed by atoms with Crippen LogP contribution in [0, 0.1) is 0 Å². The number of ketones is 1. The van der Waals surface area contributed by atoms with E-state index in [0.717, 1.165) is 38.3 Å². The first kappa shape index (κ1) is 13.6. The molecule has 6 heteroatoms. The van der Waals surface area contributed by atoms with Crippen LogP contribution in [0.3, 0.4) is 0 Å². The van der Waals surface area contributed by atoms with Crippen LogP contribution in [-0.4, -0.2) is 58.2 Å². The zero-order valence-electron chi connectivity index (χ0n) is 10.8. The highest BCUT2D eigenvalue weighted by atomic mass is 16.3. The predicted octanol–water partition coefficient (Wildman–Crippen LogP) is 0.280. The third-order valence-corrected chi connectivity index (χ3v) is 3.41. The summed E-state index contributed by atoms with van der Waals surface area (Å²) < 4.78 is 0. The molecule has 1 unspecified atom stereocenters. The summed E-state index contributed by atoms with van der Waals surface area (Å²) in [5.41, 5.74) is -0.135. The lowest BCUT2D eigenvalue weighted by molar-refractivity contribution is 0.0814. The molecule has 1 heterocycles. The van der Waals surface area contributed by atoms with Crippen molar-refractivity contribution in [1.82, 2.24) is 10.2 Å². The van der Waals surface area contributed by atoms with E-state index in [1.54, 1.807) is 6.92 Å². The Labute approximate surface area is 111 Å². The number of phenolic OH excluding ortho intramolecular Hbond substituents is 3. The molecule has 0 saturated carbocycles. The van der Waals surface area contributed by atoms with E-state index in [9.17, 15) is 20.1 Å². The average Bonchev–Trinajstić information content (AvgIpc) is 2.37. The molecule has 1 saturated heterocycles. The maximum absolute atomic E-state index is 12.3. The number of piperazine rings is 1. The molecule has 1 aromatic rings. The van der Waals surface area contributed by atoms with Crippen LogP contribution in [0.1, 0.15) is 17.3 Å². The lowest BCUT2D eigenvalue weighted by Crippen LogP contribution is -2.50. The smallest absolute Gasteiger partial charge is 0.187 e. The van der Waals surface area contributed by atoms with E-state index in [4.69, 9.17) is 0 Å². The Bertz CT molecular complexity index is 461. The normalized spacial score (nSPS) is 18.2. The van der Waals surface area contributed by atoms with Crippen molar-refractivity contribution < 1.29 is 20.1 Å². The van der Waals surface area contributed by atoms with Gasteiger partial charge in [0, 0.05) is 38.3 Å². The fraction of sp³-hybridized carbons (Fsp3) is 0.462. The Hall–Kier alpha value is -1.79. The van der Waals surface area contributed by atoms with Crippen LogP contribution in [0.25, 0.3) is 0 Å². The first-order chi connectivity index (χ1) is 9.00. The van der Waals surface area contributed by atoms with Crippen LogP contribution in [0.4, 0.5) is 0 Å². The highest BCUT2D eigenvalue weighted by Gasteiger charge is 2.28. The van der Waals surface area contributed by atoms with Gasteiger partial charge >= 0.3 is 0 Å². The molecule has 0 aliphatic carbocycles. The van der Waals surface area contributed by atoms with E-state index >= 15 is 0 Å². The van der Waals surface area contributed by atoms with Gasteiger partial charge in [-0.3, -0.25) is 9.69 Å². The number of hydrogen-bond acceptors (Lipinski definition) is 6. The third kappa shape index (κ3) is 2.80. The maximum Gasteiger partial charge on any atom is 0.187 e. The molecular formula is C13H18N2O4. The molecule has 2 rings (SSSR count). The minimum atomic E-state index is -0.427. The molecule has 19 heavy (non-hydrogen) atoms. The summed E-state index contributed by atoms with van der Waals surface area (Å²) in [6.45, 7) is 4.86. The highest BCUT2D eigenvalue weighted by molar-refractivity contribution is 6.04. The topological polar surface area (TPSA) is 93.0 Å². The molecule has 0 bridgehead atoms. The molecule has 1 aliphatic heterocycles. The van der Waals surface area contributed by atoms with E-state index in [1.807, 2.05) is 4.90 Å². The molecule has 1 fully saturated rings. The quantitative estimate of drug-likeness (QED) is 0.587. The second kappa shape index (κ2) is 5.46. The first-order valence-electron chi connectivity index (χ1n) is 6.24. The second-order valence-electron chi connectivity index (χ2n) is 4.69. The van der Waals surface area contributed by atoms with E-state index < -0.39 is 17.5 Å². The lowest BCUT2D eigenvalue weighted by Gasteiger charge is -2.32. The standard InChI is InChI=1S/C13H18N2O4/c1-8(15-4-2-14-3-5-15)13(19)12-10(17)6-9(16)7-11(12)18/h6-8,14,16-18H,2-5H2,1H3. The van der Waals surface area contributed by atoms with Crippen molar-refractivity contribution in [3.05, 3.63) is 17.7 Å². The Kier molecular flexibility index (Phi) is 3.92. The number of carbonyl (C=O) groups is 1. The number of aromatic hydroxyl groups is 3. The number of phenols is 3. The van der Waals surface area contributed by atoms with Crippen molar-refractivity contribution >= 4 is 5.78 Å². The van der Waals surface area contributed by atoms with Crippen LogP contribution in [0.5, 0.6) is 17.2 Å². The molecule has 0 amide bonds. The Balaban J connectivity index is 2.23. The van der Waals surface area contributed by atoms with Gasteiger partial charge in [0.15, 0.2) is 5.78 Å². The zero-order valence-corrected chi connectivity index (χ0v) is 10.8. The second-order valence-corrected chi connectivity index (χ2v) is 4.69. The van der Waals surface area contributed by atoms with Crippen LogP contribution in [0.2, 0.25) is 0 Å². The summed E-state index contributed by atoms with van der Waals surface area (Å²) in [7, 11) is 0. The number of rotatable bonds is 3. The molecule has 0 radical (unpaired) electrons. The van der Waals surface area contributed by atoms with Crippen molar-refractivity contribution in [3.63, 3.8) is 0 Å². The summed E-state index contributed by atoms with van der Waals surface area (Å²) in [5, 5.41) is 31.9. The molecule has 1 atom stereocenters. The Morgan fingerprint density at radius 2 is 1.74 bits per heavy atom. The number of nitrogens with one attached hydrogen (secondary N) is 1. The SMILES string of the molecule is CC(C(=O)c1c(O)cc(O)cc1O)N1CCNCC1. The summed E-state index contributed by atoms with van der Waals surface area (Å²) in [6, 6.07) is 1.68. The van der Waals surface area contributed by atoms with Crippen molar-refractivity contribution in [2.24, 2.45) is 0 Å². The van der Waals surface area contributed by atoms with Gasteiger partial charge in [-0.25, -0.2) is 0 Å². The summed E-state index contributed by atoms with van der Waals surface area (Å²) in [6.07, 6.45) is 0. The summed E-state index contributed by atoms with van der Waals surface area (Å²) in [4.78, 5) is 14.3. The number of nitrogens with zero attached hydrogens (tertiary/aromatic N) is 1. The van der Waals surface area contributed by atoms with Gasteiger partial charge in [-0.05, 0) is 6.92 Å². The molecule has 0 aromatic heterocycles. The summed E-state index contributed by atoms with van der Waals surface area (Å²) in [5.74, 6) is -1.42. The van der Waals surface area contributed by atoms with Gasteiger partial charge in [0.05, 0.1) is 6.04 Å². The van der Waals surface area contributed by atoms with Crippen molar-refractivity contribution in [2.75, 3.05) is 26.2 Å². The summed E-state index contributed by atoms with van der Waals surface area (Å²) >= 11 is 0. The van der Waals surface area contributed by atoms with Crippen molar-refractivity contribution in [2.45, 2.75) is 13.0 Å². The molecule has 6 nitrogen and oxygen atoms in total. The Morgan fingerprint density at radius 1 is 1.21 bits per heavy atom. The molecule has 0 spiro atoms. The molecule has 104 valence electrons. The van der Waals surface area contributed by atoms with Crippen molar-refractivity contribution in [3.8, 4) is 17.2 Å². The molecule has 1 aromatic carbocycles.